The summed E-state index contributed by atoms with van der Waals surface area (Å²) in [6.07, 6.45) is 1.64. The molecule has 0 amide bonds. The second kappa shape index (κ2) is 7.06. The van der Waals surface area contributed by atoms with Gasteiger partial charge in [-0.3, -0.25) is 4.79 Å². The van der Waals surface area contributed by atoms with E-state index in [0.29, 0.717) is 32.5 Å². The van der Waals surface area contributed by atoms with Gasteiger partial charge in [-0.05, 0) is 18.8 Å². The van der Waals surface area contributed by atoms with Crippen LogP contribution in [0.15, 0.2) is 0 Å². The van der Waals surface area contributed by atoms with E-state index in [4.69, 9.17) is 9.84 Å². The summed E-state index contributed by atoms with van der Waals surface area (Å²) in [4.78, 5) is 10.6. The smallest absolute Gasteiger partial charge is 0.303 e. The van der Waals surface area contributed by atoms with Crippen LogP contribution in [-0.2, 0) is 19.6 Å². The van der Waals surface area contributed by atoms with Crippen LogP contribution in [-0.4, -0.2) is 44.5 Å². The number of aliphatic carboxylic acids is 1. The lowest BCUT2D eigenvalue weighted by Gasteiger charge is -2.23. The van der Waals surface area contributed by atoms with Gasteiger partial charge < -0.3 is 9.84 Å². The van der Waals surface area contributed by atoms with Crippen LogP contribution in [0.4, 0.5) is 0 Å². The zero-order valence-electron chi connectivity index (χ0n) is 10.6. The third kappa shape index (κ3) is 4.91. The zero-order valence-corrected chi connectivity index (χ0v) is 11.4. The summed E-state index contributed by atoms with van der Waals surface area (Å²) in [5.41, 5.74) is 0. The molecule has 0 saturated carbocycles. The van der Waals surface area contributed by atoms with Crippen LogP contribution in [0, 0.1) is 5.92 Å². The van der Waals surface area contributed by atoms with Gasteiger partial charge in [-0.1, -0.05) is 13.3 Å². The summed E-state index contributed by atoms with van der Waals surface area (Å²) in [7, 11) is -3.35. The molecule has 106 valence electrons. The van der Waals surface area contributed by atoms with Crippen molar-refractivity contribution in [2.45, 2.75) is 37.9 Å². The molecule has 0 spiro atoms. The van der Waals surface area contributed by atoms with Gasteiger partial charge >= 0.3 is 5.97 Å². The molecule has 1 heterocycles. The predicted octanol–water partition coefficient (Wildman–Crippen LogP) is 0.586. The van der Waals surface area contributed by atoms with E-state index in [9.17, 15) is 13.2 Å². The summed E-state index contributed by atoms with van der Waals surface area (Å²) < 4.78 is 31.6. The highest BCUT2D eigenvalue weighted by atomic mass is 32.2. The quantitative estimate of drug-likeness (QED) is 0.711. The number of hydrogen-bond acceptors (Lipinski definition) is 4. The van der Waals surface area contributed by atoms with E-state index in [0.717, 1.165) is 0 Å². The fourth-order valence-electron chi connectivity index (χ4n) is 1.95. The van der Waals surface area contributed by atoms with Crippen molar-refractivity contribution in [3.05, 3.63) is 0 Å². The minimum atomic E-state index is -3.35. The van der Waals surface area contributed by atoms with Crippen molar-refractivity contribution in [1.29, 1.82) is 0 Å². The third-order valence-electron chi connectivity index (χ3n) is 3.22. The number of rotatable bonds is 7. The fraction of sp³-hybridized carbons (Fsp3) is 0.909. The van der Waals surface area contributed by atoms with Crippen LogP contribution >= 0.6 is 0 Å². The molecular formula is C11H21NO5S. The largest absolute Gasteiger partial charge is 0.481 e. The number of sulfonamides is 1. The van der Waals surface area contributed by atoms with Crippen molar-refractivity contribution >= 4 is 16.0 Å². The Bertz CT molecular complexity index is 362. The highest BCUT2D eigenvalue weighted by molar-refractivity contribution is 7.90. The summed E-state index contributed by atoms with van der Waals surface area (Å²) in [5.74, 6) is -1.05. The van der Waals surface area contributed by atoms with Crippen LogP contribution < -0.4 is 4.72 Å². The first-order valence-corrected chi connectivity index (χ1v) is 7.78. The Labute approximate surface area is 108 Å². The Hall–Kier alpha value is -0.660. The van der Waals surface area contributed by atoms with E-state index in [-0.39, 0.29) is 18.9 Å². The molecule has 1 saturated heterocycles. The first-order chi connectivity index (χ1) is 8.45. The molecule has 0 aromatic rings. The molecule has 2 N–H and O–H groups in total. The third-order valence-corrected chi connectivity index (χ3v) is 5.14. The van der Waals surface area contributed by atoms with E-state index >= 15 is 0 Å². The molecule has 1 unspecified atom stereocenters. The Morgan fingerprint density at radius 3 is 2.56 bits per heavy atom. The maximum Gasteiger partial charge on any atom is 0.303 e. The predicted molar refractivity (Wildman–Crippen MR) is 66.8 cm³/mol. The molecule has 0 radical (unpaired) electrons. The second-order valence-corrected chi connectivity index (χ2v) is 6.62. The molecule has 0 bridgehead atoms. The molecule has 1 aliphatic rings. The maximum absolute atomic E-state index is 12.0. The van der Waals surface area contributed by atoms with E-state index in [2.05, 4.69) is 4.72 Å². The number of carboxylic acid groups (broad SMARTS) is 1. The van der Waals surface area contributed by atoms with Gasteiger partial charge in [-0.25, -0.2) is 13.1 Å². The lowest BCUT2D eigenvalue weighted by Crippen LogP contribution is -2.40. The van der Waals surface area contributed by atoms with Gasteiger partial charge in [0.15, 0.2) is 0 Å². The Morgan fingerprint density at radius 2 is 2.06 bits per heavy atom. The molecule has 18 heavy (non-hydrogen) atoms. The molecule has 0 aliphatic carbocycles. The molecule has 0 aromatic carbocycles. The van der Waals surface area contributed by atoms with Gasteiger partial charge in [-0.2, -0.15) is 0 Å². The Morgan fingerprint density at radius 1 is 1.44 bits per heavy atom. The average Bonchev–Trinajstić information content (AvgIpc) is 2.35. The molecule has 1 fully saturated rings. The van der Waals surface area contributed by atoms with Crippen LogP contribution in [0.5, 0.6) is 0 Å². The molecule has 1 atom stereocenters. The SMILES string of the molecule is CCC(CNS(=O)(=O)C1CCOCC1)CC(=O)O. The van der Waals surface area contributed by atoms with Crippen molar-refractivity contribution in [1.82, 2.24) is 4.72 Å². The fourth-order valence-corrected chi connectivity index (χ4v) is 3.46. The van der Waals surface area contributed by atoms with Crippen molar-refractivity contribution < 1.29 is 23.1 Å². The highest BCUT2D eigenvalue weighted by Gasteiger charge is 2.28. The molecule has 6 nitrogen and oxygen atoms in total. The van der Waals surface area contributed by atoms with Crippen molar-refractivity contribution in [3.8, 4) is 0 Å². The Balaban J connectivity index is 2.46. The van der Waals surface area contributed by atoms with Crippen molar-refractivity contribution in [3.63, 3.8) is 0 Å². The number of carboxylic acids is 1. The van der Waals surface area contributed by atoms with E-state index < -0.39 is 21.2 Å². The molecule has 1 rings (SSSR count). The number of hydrogen-bond donors (Lipinski definition) is 2. The highest BCUT2D eigenvalue weighted by Crippen LogP contribution is 2.15. The topological polar surface area (TPSA) is 92.7 Å². The van der Waals surface area contributed by atoms with Gasteiger partial charge in [-0.15, -0.1) is 0 Å². The van der Waals surface area contributed by atoms with Gasteiger partial charge in [0.05, 0.1) is 5.25 Å². The number of carbonyl (C=O) groups is 1. The van der Waals surface area contributed by atoms with Gasteiger partial charge in [0.1, 0.15) is 0 Å². The molecule has 7 heteroatoms. The minimum Gasteiger partial charge on any atom is -0.481 e. The van der Waals surface area contributed by atoms with E-state index in [1.165, 1.54) is 0 Å². The Kier molecular flexibility index (Phi) is 6.04. The molecule has 1 aliphatic heterocycles. The first-order valence-electron chi connectivity index (χ1n) is 6.23. The number of ether oxygens (including phenoxy) is 1. The lowest BCUT2D eigenvalue weighted by molar-refractivity contribution is -0.138. The van der Waals surface area contributed by atoms with E-state index in [1.807, 2.05) is 6.92 Å². The average molecular weight is 279 g/mol. The van der Waals surface area contributed by atoms with Crippen molar-refractivity contribution in [2.24, 2.45) is 5.92 Å². The van der Waals surface area contributed by atoms with Crippen LogP contribution in [0.3, 0.4) is 0 Å². The van der Waals surface area contributed by atoms with Gasteiger partial charge in [0, 0.05) is 26.2 Å². The summed E-state index contributed by atoms with van der Waals surface area (Å²) in [6, 6.07) is 0. The first kappa shape index (κ1) is 15.4. The molecule has 0 aromatic heterocycles. The van der Waals surface area contributed by atoms with Gasteiger partial charge in [0.2, 0.25) is 10.0 Å². The van der Waals surface area contributed by atoms with Crippen molar-refractivity contribution in [2.75, 3.05) is 19.8 Å². The maximum atomic E-state index is 12.0. The second-order valence-electron chi connectivity index (χ2n) is 4.58. The normalized spacial score (nSPS) is 19.6. The van der Waals surface area contributed by atoms with Crippen LogP contribution in [0.2, 0.25) is 0 Å². The number of nitrogens with one attached hydrogen (secondary N) is 1. The summed E-state index contributed by atoms with van der Waals surface area (Å²) in [5, 5.41) is 8.29. The van der Waals surface area contributed by atoms with Crippen LogP contribution in [0.1, 0.15) is 32.6 Å². The summed E-state index contributed by atoms with van der Waals surface area (Å²) in [6.45, 7) is 2.99. The lowest BCUT2D eigenvalue weighted by atomic mass is 10.0. The standard InChI is InChI=1S/C11H21NO5S/c1-2-9(7-11(13)14)8-12-18(15,16)10-3-5-17-6-4-10/h9-10,12H,2-8H2,1H3,(H,13,14). The van der Waals surface area contributed by atoms with Gasteiger partial charge in [0.25, 0.3) is 0 Å². The monoisotopic (exact) mass is 279 g/mol. The summed E-state index contributed by atoms with van der Waals surface area (Å²) >= 11 is 0. The minimum absolute atomic E-state index is 0.00715. The van der Waals surface area contributed by atoms with Crippen LogP contribution in [0.25, 0.3) is 0 Å². The zero-order chi connectivity index (χ0) is 13.6. The van der Waals surface area contributed by atoms with E-state index in [1.54, 1.807) is 0 Å². The molecular weight excluding hydrogens is 258 g/mol.